The molecule has 0 amide bonds. The second kappa shape index (κ2) is 28.5. The molecule has 85 heavy (non-hydrogen) atoms. The van der Waals surface area contributed by atoms with Crippen LogP contribution in [-0.4, -0.2) is 88.8 Å². The first kappa shape index (κ1) is 65.8. The van der Waals surface area contributed by atoms with Crippen molar-refractivity contribution < 1.29 is 66.5 Å². The Morgan fingerprint density at radius 2 is 0.941 bits per heavy atom. The van der Waals surface area contributed by atoms with Gasteiger partial charge < -0.3 is 31.4 Å². The Morgan fingerprint density at radius 3 is 1.54 bits per heavy atom. The number of nitrogens with zero attached hydrogens (tertiary/aromatic N) is 6. The molecule has 0 aliphatic heterocycles. The number of ether oxygens (including phenoxy) is 2. The molecule has 0 saturated heterocycles. The van der Waals surface area contributed by atoms with Crippen LogP contribution >= 0.6 is 0 Å². The fourth-order valence-electron chi connectivity index (χ4n) is 8.07. The Balaban J connectivity index is 0.000000399. The van der Waals surface area contributed by atoms with Crippen molar-refractivity contribution in [3.63, 3.8) is 0 Å². The molecule has 0 aliphatic carbocycles. The van der Waals surface area contributed by atoms with E-state index in [2.05, 4.69) is 41.7 Å². The summed E-state index contributed by atoms with van der Waals surface area (Å²) in [6.45, 7) is 9.19. The second-order valence-electron chi connectivity index (χ2n) is 19.1. The van der Waals surface area contributed by atoms with Crippen LogP contribution in [0.25, 0.3) is 21.5 Å². The number of hydrogen-bond donors (Lipinski definition) is 8. The largest absolute Gasteiger partial charge is 0.507 e. The van der Waals surface area contributed by atoms with Gasteiger partial charge in [-0.2, -0.15) is 59.2 Å². The summed E-state index contributed by atoms with van der Waals surface area (Å²) >= 11 is 0. The molecule has 0 fully saturated rings. The average Bonchev–Trinajstić information content (AvgIpc) is 2.03. The van der Waals surface area contributed by atoms with Gasteiger partial charge in [0, 0.05) is 46.0 Å². The minimum atomic E-state index is -4.61. The number of unbranched alkanes of at least 4 members (excludes halogenated alkanes) is 1. The maximum atomic E-state index is 12.0. The van der Waals surface area contributed by atoms with Crippen LogP contribution in [0.15, 0.2) is 168 Å². The Bertz CT molecular complexity index is 4320. The van der Waals surface area contributed by atoms with Gasteiger partial charge in [-0.05, 0) is 184 Å². The van der Waals surface area contributed by atoms with Gasteiger partial charge in [-0.1, -0.05) is 24.3 Å². The smallest absolute Gasteiger partial charge is 0.294 e. The molecule has 8 rings (SSSR count). The van der Waals surface area contributed by atoms with Crippen molar-refractivity contribution in [2.24, 2.45) is 36.4 Å². The fourth-order valence-corrected chi connectivity index (χ4v) is 10.2. The zero-order valence-electron chi connectivity index (χ0n) is 46.9. The third-order valence-electron chi connectivity index (χ3n) is 12.5. The summed E-state index contributed by atoms with van der Waals surface area (Å²) in [4.78, 5) is -0.752. The second-order valence-corrected chi connectivity index (χ2v) is 25.1. The first-order chi connectivity index (χ1) is 40.0. The van der Waals surface area contributed by atoms with E-state index in [1.165, 1.54) is 19.2 Å². The Kier molecular flexibility index (Phi) is 22.1. The number of nitrogens with two attached hydrogens (primary N) is 2. The third-order valence-corrected chi connectivity index (χ3v) is 15.7. The van der Waals surface area contributed by atoms with E-state index >= 15 is 0 Å². The normalized spacial score (nSPS) is 12.1. The van der Waals surface area contributed by atoms with Gasteiger partial charge >= 0.3 is 0 Å². The number of rotatable bonds is 21. The van der Waals surface area contributed by atoms with Crippen LogP contribution < -0.4 is 26.3 Å². The molecule has 0 radical (unpaired) electrons. The number of benzene rings is 8. The van der Waals surface area contributed by atoms with Crippen molar-refractivity contribution in [2.75, 3.05) is 42.8 Å². The summed E-state index contributed by atoms with van der Waals surface area (Å²) in [6.07, 6.45) is 0.285. The Hall–Kier alpha value is -8.32. The lowest BCUT2D eigenvalue weighted by atomic mass is 10.1. The van der Waals surface area contributed by atoms with Crippen molar-refractivity contribution in [3.05, 3.63) is 155 Å². The van der Waals surface area contributed by atoms with E-state index in [-0.39, 0.29) is 54.6 Å². The average molecular weight is 1240 g/mol. The van der Waals surface area contributed by atoms with Crippen molar-refractivity contribution in [1.82, 2.24) is 0 Å². The molecule has 0 spiro atoms. The highest BCUT2D eigenvalue weighted by Gasteiger charge is 2.18. The van der Waals surface area contributed by atoms with Gasteiger partial charge in [-0.15, -0.1) is 5.11 Å². The molecule has 0 unspecified atom stereocenters. The fraction of sp³-hybridized carbons (Fsp3) is 0.228. The molecule has 10 N–H and O–H groups in total. The van der Waals surface area contributed by atoms with Gasteiger partial charge in [0.1, 0.15) is 22.9 Å². The summed E-state index contributed by atoms with van der Waals surface area (Å²) < 4.78 is 140. The molecular formula is C57H63N9O15S4. The molecule has 0 saturated carbocycles. The zero-order valence-corrected chi connectivity index (χ0v) is 50.1. The Morgan fingerprint density at radius 1 is 0.447 bits per heavy atom. The van der Waals surface area contributed by atoms with Gasteiger partial charge in [0.15, 0.2) is 0 Å². The number of aromatic hydroxyl groups is 1. The highest BCUT2D eigenvalue weighted by Crippen LogP contribution is 2.40. The summed E-state index contributed by atoms with van der Waals surface area (Å²) in [5.74, 6) is -0.911. The number of anilines is 3. The third kappa shape index (κ3) is 19.4. The maximum Gasteiger partial charge on any atom is 0.294 e. The molecule has 8 aromatic carbocycles. The van der Waals surface area contributed by atoms with E-state index in [0.29, 0.717) is 66.9 Å². The van der Waals surface area contributed by atoms with Crippen LogP contribution in [0.4, 0.5) is 51.2 Å². The van der Waals surface area contributed by atoms with Gasteiger partial charge in [0.25, 0.3) is 40.5 Å². The minimum absolute atomic E-state index is 0.0226. The molecule has 0 bridgehead atoms. The van der Waals surface area contributed by atoms with Crippen LogP contribution in [-0.2, 0) is 40.5 Å². The quantitative estimate of drug-likeness (QED) is 0.0143. The van der Waals surface area contributed by atoms with E-state index < -0.39 is 56.9 Å². The number of aryl methyl sites for hydroxylation is 5. The topological polar surface area (TPSA) is 394 Å². The standard InChI is InChI=1S/C40H45N7O11S3.C16H13NO4S.CH5N/c1-24-16-34(25(2)15-33(24)41)44-45-35-17-27(4)36(18-26(35)3)46-47-38-19-28(5)37(23-40(38)58-12-8-14-60(51,52)53)43-42-30-10-9-29-20-31(61(54,55)56)22-39(32(29)21-30)57-11-6-7-13-59(48,49)50;18-16-10-14(22(19,20)21)9-11-8-13(6-7-15(11)16)17-12-4-2-1-3-5-12;1-2/h9-10,15-23H,6-8,11-14,41H2,1-5H3,(H,48,49,50)(H,51,52,53)(H,54,55,56);1-10,17-18H,(H,19,20,21);2H2,1H3. The Labute approximate surface area is 492 Å². The lowest BCUT2D eigenvalue weighted by Gasteiger charge is -2.12. The van der Waals surface area contributed by atoms with Crippen LogP contribution in [0.1, 0.15) is 47.1 Å². The highest BCUT2D eigenvalue weighted by molar-refractivity contribution is 7.86. The van der Waals surface area contributed by atoms with E-state index in [1.807, 2.05) is 82.3 Å². The molecule has 28 heteroatoms. The molecule has 8 aromatic rings. The molecule has 24 nitrogen and oxygen atoms in total. The molecule has 0 aromatic heterocycles. The number of para-hydroxylation sites is 1. The number of nitrogen functional groups attached to an aromatic ring is 1. The van der Waals surface area contributed by atoms with Crippen molar-refractivity contribution in [3.8, 4) is 17.2 Å². The molecular weight excluding hydrogens is 1180 g/mol. The van der Waals surface area contributed by atoms with Gasteiger partial charge in [0.05, 0.1) is 62.9 Å². The highest BCUT2D eigenvalue weighted by atomic mass is 32.2. The van der Waals surface area contributed by atoms with Crippen molar-refractivity contribution in [1.29, 1.82) is 0 Å². The predicted octanol–water partition coefficient (Wildman–Crippen LogP) is 13.3. The lowest BCUT2D eigenvalue weighted by molar-refractivity contribution is 0.311. The first-order valence-electron chi connectivity index (χ1n) is 25.7. The lowest BCUT2D eigenvalue weighted by Crippen LogP contribution is -2.08. The molecule has 0 aliphatic rings. The van der Waals surface area contributed by atoms with E-state index in [9.17, 15) is 47.9 Å². The van der Waals surface area contributed by atoms with E-state index in [4.69, 9.17) is 24.3 Å². The van der Waals surface area contributed by atoms with Gasteiger partial charge in [-0.3, -0.25) is 18.2 Å². The van der Waals surface area contributed by atoms with Crippen LogP contribution in [0, 0.1) is 34.6 Å². The number of nitrogens with one attached hydrogen (secondary N) is 1. The van der Waals surface area contributed by atoms with Crippen LogP contribution in [0.3, 0.4) is 0 Å². The molecule has 450 valence electrons. The van der Waals surface area contributed by atoms with Crippen molar-refractivity contribution >= 4 is 113 Å². The number of fused-ring (bicyclic) bond motifs is 2. The summed E-state index contributed by atoms with van der Waals surface area (Å²) in [5, 5.41) is 41.6. The van der Waals surface area contributed by atoms with Crippen LogP contribution in [0.5, 0.6) is 17.2 Å². The number of hydrogen-bond acceptors (Lipinski definition) is 20. The summed E-state index contributed by atoms with van der Waals surface area (Å²) in [5.41, 5.74) is 19.7. The number of azo groups is 3. The summed E-state index contributed by atoms with van der Waals surface area (Å²) in [6, 6.07) is 34.7. The van der Waals surface area contributed by atoms with Crippen molar-refractivity contribution in [2.45, 2.75) is 63.7 Å². The SMILES string of the molecule is CN.Cc1cc(N=Nc2cc(C)c(N=Nc3cc(C)c(N=Nc4ccc5cc(S(=O)(=O)O)cc(OCCCCS(=O)(=O)O)c5c4)cc3OCCCS(=O)(=O)O)cc2C)c(C)cc1N.O=S(=O)(O)c1cc(O)c2ccc(Nc3ccccc3)cc2c1. The van der Waals surface area contributed by atoms with Gasteiger partial charge in [0.2, 0.25) is 0 Å². The molecule has 0 heterocycles. The zero-order chi connectivity index (χ0) is 62.4. The van der Waals surface area contributed by atoms with E-state index in [1.54, 1.807) is 55.5 Å². The maximum absolute atomic E-state index is 12.0. The first-order valence-corrected chi connectivity index (χ1v) is 31.8. The van der Waals surface area contributed by atoms with Gasteiger partial charge in [-0.25, -0.2) is 0 Å². The predicted molar refractivity (Wildman–Crippen MR) is 327 cm³/mol. The van der Waals surface area contributed by atoms with Crippen LogP contribution in [0.2, 0.25) is 0 Å². The monoisotopic (exact) mass is 1240 g/mol. The number of phenols is 1. The minimum Gasteiger partial charge on any atom is -0.507 e. The summed E-state index contributed by atoms with van der Waals surface area (Å²) in [7, 11) is -15.9. The molecule has 0 atom stereocenters. The van der Waals surface area contributed by atoms with E-state index in [0.717, 1.165) is 45.8 Å². The number of phenolic OH excluding ortho intramolecular Hbond substituents is 1.